The molecule has 1 amide bonds. The first-order chi connectivity index (χ1) is 17.2. The number of likely N-dealkylation sites (tertiary alicyclic amines) is 1. The second-order valence-corrected chi connectivity index (χ2v) is 10.3. The number of nitrogens with zero attached hydrogens (tertiary/aromatic N) is 3. The monoisotopic (exact) mass is 519 g/mol. The predicted molar refractivity (Wildman–Crippen MR) is 136 cm³/mol. The van der Waals surface area contributed by atoms with E-state index in [1.165, 1.54) is 4.90 Å². The Morgan fingerprint density at radius 1 is 1.25 bits per heavy atom. The number of amides is 1. The number of benzene rings is 1. The minimum absolute atomic E-state index is 0.0608. The molecular formula is C26H34ClN3O6. The van der Waals surface area contributed by atoms with E-state index in [4.69, 9.17) is 21.1 Å². The van der Waals surface area contributed by atoms with E-state index in [0.29, 0.717) is 29.7 Å². The minimum atomic E-state index is -1.47. The van der Waals surface area contributed by atoms with Crippen LogP contribution in [0.25, 0.3) is 0 Å². The van der Waals surface area contributed by atoms with Crippen molar-refractivity contribution < 1.29 is 29.6 Å². The highest BCUT2D eigenvalue weighted by Gasteiger charge is 2.49. The van der Waals surface area contributed by atoms with Crippen molar-refractivity contribution >= 4 is 23.2 Å². The topological polar surface area (TPSA) is 116 Å². The smallest absolute Gasteiger partial charge is 0.253 e. The molecule has 1 unspecified atom stereocenters. The van der Waals surface area contributed by atoms with Gasteiger partial charge in [-0.3, -0.25) is 4.79 Å². The molecule has 3 heterocycles. The molecule has 0 radical (unpaired) electrons. The summed E-state index contributed by atoms with van der Waals surface area (Å²) in [4.78, 5) is 20.5. The first kappa shape index (κ1) is 26.5. The van der Waals surface area contributed by atoms with Crippen molar-refractivity contribution in [2.24, 2.45) is 5.41 Å². The summed E-state index contributed by atoms with van der Waals surface area (Å²) in [6.45, 7) is 5.08. The zero-order valence-corrected chi connectivity index (χ0v) is 21.6. The minimum Gasteiger partial charge on any atom is -0.493 e. The van der Waals surface area contributed by atoms with Crippen molar-refractivity contribution in [2.45, 2.75) is 44.5 Å². The third-order valence-corrected chi connectivity index (χ3v) is 7.78. The van der Waals surface area contributed by atoms with Crippen molar-refractivity contribution in [2.75, 3.05) is 44.8 Å². The van der Waals surface area contributed by atoms with Crippen LogP contribution in [-0.4, -0.2) is 89.3 Å². The van der Waals surface area contributed by atoms with E-state index in [1.807, 2.05) is 31.2 Å². The standard InChI is InChI=1S/C26H34ClN3O6/c1-16(32)26(2)15-30(25(34)21(33)14-31)13-20(26)17-4-6-22(35-3)23(10-17)36-19-8-9-29(12-19)18-5-7-24(27)28-11-18/h4-7,10-11,16,19-21,31-33H,8-9,12-15H2,1-3H3/t16-,19?,20+,21+,26+/m1/s1. The van der Waals surface area contributed by atoms with Gasteiger partial charge in [0.05, 0.1) is 38.2 Å². The van der Waals surface area contributed by atoms with Crippen LogP contribution in [0.3, 0.4) is 0 Å². The maximum atomic E-state index is 12.6. The largest absolute Gasteiger partial charge is 0.493 e. The van der Waals surface area contributed by atoms with Crippen molar-refractivity contribution in [3.05, 3.63) is 47.2 Å². The van der Waals surface area contributed by atoms with Gasteiger partial charge in [0.1, 0.15) is 11.3 Å². The van der Waals surface area contributed by atoms with E-state index in [-0.39, 0.29) is 18.6 Å². The quantitative estimate of drug-likeness (QED) is 0.454. The molecule has 4 rings (SSSR count). The fourth-order valence-corrected chi connectivity index (χ4v) is 5.29. The summed E-state index contributed by atoms with van der Waals surface area (Å²) < 4.78 is 12.0. The maximum absolute atomic E-state index is 12.6. The van der Waals surface area contributed by atoms with E-state index in [1.54, 1.807) is 26.3 Å². The molecule has 10 heteroatoms. The van der Waals surface area contributed by atoms with Crippen LogP contribution >= 0.6 is 11.6 Å². The molecule has 196 valence electrons. The van der Waals surface area contributed by atoms with Crippen molar-refractivity contribution in [3.8, 4) is 11.5 Å². The lowest BCUT2D eigenvalue weighted by Crippen LogP contribution is -2.42. The Bertz CT molecular complexity index is 1070. The molecule has 0 aliphatic carbocycles. The molecule has 2 aliphatic heterocycles. The van der Waals surface area contributed by atoms with Gasteiger partial charge in [-0.05, 0) is 36.8 Å². The highest BCUT2D eigenvalue weighted by Crippen LogP contribution is 2.47. The molecule has 2 saturated heterocycles. The molecule has 9 nitrogen and oxygen atoms in total. The van der Waals surface area contributed by atoms with Crippen LogP contribution in [0.15, 0.2) is 36.5 Å². The zero-order chi connectivity index (χ0) is 26.0. The third-order valence-electron chi connectivity index (χ3n) is 7.56. The molecule has 1 aromatic heterocycles. The van der Waals surface area contributed by atoms with Crippen LogP contribution in [0.2, 0.25) is 5.15 Å². The third kappa shape index (κ3) is 5.25. The summed E-state index contributed by atoms with van der Waals surface area (Å²) in [5, 5.41) is 30.2. The predicted octanol–water partition coefficient (Wildman–Crippen LogP) is 2.07. The molecular weight excluding hydrogens is 486 g/mol. The summed E-state index contributed by atoms with van der Waals surface area (Å²) in [7, 11) is 1.59. The van der Waals surface area contributed by atoms with Crippen LogP contribution in [0.1, 0.15) is 31.7 Å². The van der Waals surface area contributed by atoms with Gasteiger partial charge in [0.15, 0.2) is 17.6 Å². The Morgan fingerprint density at radius 3 is 2.67 bits per heavy atom. The average Bonchev–Trinajstić information content (AvgIpc) is 3.48. The van der Waals surface area contributed by atoms with Gasteiger partial charge in [0.25, 0.3) is 5.91 Å². The number of ether oxygens (including phenoxy) is 2. The van der Waals surface area contributed by atoms with Crippen molar-refractivity contribution in [1.29, 1.82) is 0 Å². The molecule has 0 bridgehead atoms. The SMILES string of the molecule is COc1ccc([C@@H]2CN(C(=O)[C@@H](O)CO)C[C@@]2(C)[C@@H](C)O)cc1OC1CCN(c2ccc(Cl)nc2)C1. The van der Waals surface area contributed by atoms with E-state index in [0.717, 1.165) is 24.2 Å². The molecule has 2 aromatic rings. The highest BCUT2D eigenvalue weighted by atomic mass is 35.5. The number of aromatic nitrogens is 1. The fraction of sp³-hybridized carbons (Fsp3) is 0.538. The molecule has 0 saturated carbocycles. The first-order valence-electron chi connectivity index (χ1n) is 12.1. The number of rotatable bonds is 8. The Labute approximate surface area is 216 Å². The van der Waals surface area contributed by atoms with Gasteiger partial charge in [-0.15, -0.1) is 0 Å². The van der Waals surface area contributed by atoms with Crippen LogP contribution < -0.4 is 14.4 Å². The van der Waals surface area contributed by atoms with E-state index >= 15 is 0 Å². The van der Waals surface area contributed by atoms with Crippen LogP contribution in [-0.2, 0) is 4.79 Å². The molecule has 5 atom stereocenters. The van der Waals surface area contributed by atoms with E-state index in [9.17, 15) is 20.1 Å². The van der Waals surface area contributed by atoms with Crippen LogP contribution in [0.5, 0.6) is 11.5 Å². The van der Waals surface area contributed by atoms with Crippen molar-refractivity contribution in [1.82, 2.24) is 9.88 Å². The number of aliphatic hydroxyl groups is 3. The Kier molecular flexibility index (Phi) is 7.94. The summed E-state index contributed by atoms with van der Waals surface area (Å²) >= 11 is 5.92. The van der Waals surface area contributed by atoms with E-state index in [2.05, 4.69) is 9.88 Å². The average molecular weight is 520 g/mol. The fourth-order valence-electron chi connectivity index (χ4n) is 5.18. The molecule has 0 spiro atoms. The number of carbonyl (C=O) groups is 1. The van der Waals surface area contributed by atoms with Crippen LogP contribution in [0.4, 0.5) is 5.69 Å². The second kappa shape index (κ2) is 10.8. The number of carbonyl (C=O) groups excluding carboxylic acids is 1. The van der Waals surface area contributed by atoms with E-state index < -0.39 is 30.1 Å². The lowest BCUT2D eigenvalue weighted by atomic mass is 9.72. The molecule has 3 N–H and O–H groups in total. The Hall–Kier alpha value is -2.59. The summed E-state index contributed by atoms with van der Waals surface area (Å²) in [6, 6.07) is 9.40. The number of hydrogen-bond donors (Lipinski definition) is 3. The van der Waals surface area contributed by atoms with Crippen LogP contribution in [0, 0.1) is 5.41 Å². The molecule has 2 aliphatic rings. The summed E-state index contributed by atoms with van der Waals surface area (Å²) in [5.41, 5.74) is 1.24. The number of pyridine rings is 1. The summed E-state index contributed by atoms with van der Waals surface area (Å²) in [5.74, 6) is 0.454. The number of halogens is 1. The zero-order valence-electron chi connectivity index (χ0n) is 20.8. The second-order valence-electron chi connectivity index (χ2n) is 9.88. The number of methoxy groups -OCH3 is 1. The van der Waals surface area contributed by atoms with Crippen molar-refractivity contribution in [3.63, 3.8) is 0 Å². The number of hydrogen-bond acceptors (Lipinski definition) is 8. The van der Waals surface area contributed by atoms with Gasteiger partial charge in [-0.2, -0.15) is 0 Å². The molecule has 1 aromatic carbocycles. The lowest BCUT2D eigenvalue weighted by Gasteiger charge is -2.34. The van der Waals surface area contributed by atoms with Gasteiger partial charge in [-0.25, -0.2) is 4.98 Å². The Balaban J connectivity index is 1.55. The summed E-state index contributed by atoms with van der Waals surface area (Å²) in [6.07, 6.45) is 0.331. The number of aliphatic hydroxyl groups excluding tert-OH is 3. The van der Waals surface area contributed by atoms with Gasteiger partial charge in [0, 0.05) is 37.4 Å². The molecule has 2 fully saturated rings. The Morgan fingerprint density at radius 2 is 2.03 bits per heavy atom. The van der Waals surface area contributed by atoms with Gasteiger partial charge >= 0.3 is 0 Å². The number of anilines is 1. The van der Waals surface area contributed by atoms with Gasteiger partial charge < -0.3 is 34.6 Å². The molecule has 36 heavy (non-hydrogen) atoms. The van der Waals surface area contributed by atoms with Gasteiger partial charge in [0.2, 0.25) is 0 Å². The lowest BCUT2D eigenvalue weighted by molar-refractivity contribution is -0.141. The van der Waals surface area contributed by atoms with Gasteiger partial charge in [-0.1, -0.05) is 24.6 Å². The normalized spacial score (nSPS) is 25.6. The highest BCUT2D eigenvalue weighted by molar-refractivity contribution is 6.29. The first-order valence-corrected chi connectivity index (χ1v) is 12.5. The maximum Gasteiger partial charge on any atom is 0.253 e.